The molecule has 1 saturated carbocycles. The van der Waals surface area contributed by atoms with E-state index in [2.05, 4.69) is 0 Å². The zero-order chi connectivity index (χ0) is 27.1. The molecule has 0 heterocycles. The van der Waals surface area contributed by atoms with Gasteiger partial charge in [-0.1, -0.05) is 37.8 Å². The molecule has 0 amide bonds. The minimum atomic E-state index is -4.29. The summed E-state index contributed by atoms with van der Waals surface area (Å²) in [7, 11) is -4.77. The Morgan fingerprint density at radius 1 is 0.865 bits per heavy atom. The maximum Gasteiger partial charge on any atom is 0.339 e. The largest absolute Gasteiger partial charge is 0.466 e. The zero-order valence-corrected chi connectivity index (χ0v) is 24.4. The quantitative estimate of drug-likeness (QED) is 0.270. The molecule has 0 aliphatic heterocycles. The van der Waals surface area contributed by atoms with Crippen LogP contribution in [-0.4, -0.2) is 55.2 Å². The number of esters is 3. The number of ether oxygens (including phenoxy) is 3. The SMILES string of the molecule is CCOC(=O)C1C(C(=O)OC)=C(C(=O)OC)C(S(=O)(=O)c2ccccc2)=C1[Si](C)(C)C.[CH]1[CH][CH][CH][CH]1.[Co]. The summed E-state index contributed by atoms with van der Waals surface area (Å²) in [5.74, 6) is -4.23. The van der Waals surface area contributed by atoms with Crippen molar-refractivity contribution in [3.05, 3.63) is 83.7 Å². The van der Waals surface area contributed by atoms with Gasteiger partial charge in [0.1, 0.15) is 5.92 Å². The molecule has 6 radical (unpaired) electrons. The summed E-state index contributed by atoms with van der Waals surface area (Å²) in [6.07, 6.45) is 10.0. The van der Waals surface area contributed by atoms with Gasteiger partial charge in [-0.15, -0.1) is 0 Å². The van der Waals surface area contributed by atoms with Gasteiger partial charge >= 0.3 is 17.9 Å². The second kappa shape index (κ2) is 14.1. The van der Waals surface area contributed by atoms with Crippen molar-refractivity contribution in [1.29, 1.82) is 0 Å². The Bertz CT molecular complexity index is 1140. The van der Waals surface area contributed by atoms with Crippen LogP contribution >= 0.6 is 0 Å². The minimum Gasteiger partial charge on any atom is -0.466 e. The fourth-order valence-electron chi connectivity index (χ4n) is 3.86. The van der Waals surface area contributed by atoms with Gasteiger partial charge in [-0.2, -0.15) is 0 Å². The van der Waals surface area contributed by atoms with Crippen LogP contribution in [0.1, 0.15) is 6.92 Å². The molecule has 8 nitrogen and oxygen atoms in total. The van der Waals surface area contributed by atoms with E-state index >= 15 is 0 Å². The van der Waals surface area contributed by atoms with E-state index in [0.717, 1.165) is 14.2 Å². The fraction of sp³-hybridized carbons (Fsp3) is 0.308. The van der Waals surface area contributed by atoms with E-state index in [9.17, 15) is 22.8 Å². The molecule has 1 unspecified atom stereocenters. The number of benzene rings is 1. The smallest absolute Gasteiger partial charge is 0.339 e. The van der Waals surface area contributed by atoms with Crippen molar-refractivity contribution < 1.29 is 53.8 Å². The zero-order valence-electron chi connectivity index (χ0n) is 21.6. The molecular weight excluding hydrogens is 559 g/mol. The Morgan fingerprint density at radius 3 is 1.76 bits per heavy atom. The predicted octanol–water partition coefficient (Wildman–Crippen LogP) is 3.45. The summed E-state index contributed by atoms with van der Waals surface area (Å²) < 4.78 is 42.3. The molecule has 2 aliphatic carbocycles. The van der Waals surface area contributed by atoms with Gasteiger partial charge in [0.25, 0.3) is 0 Å². The second-order valence-corrected chi connectivity index (χ2v) is 15.7. The van der Waals surface area contributed by atoms with Gasteiger partial charge in [-0.25, -0.2) is 18.0 Å². The van der Waals surface area contributed by atoms with Crippen LogP contribution in [0.25, 0.3) is 0 Å². The number of carbonyl (C=O) groups is 3. The van der Waals surface area contributed by atoms with E-state index in [1.165, 1.54) is 12.1 Å². The van der Waals surface area contributed by atoms with Crippen LogP contribution in [-0.2, 0) is 55.2 Å². The number of hydrogen-bond donors (Lipinski definition) is 0. The summed E-state index contributed by atoms with van der Waals surface area (Å²) in [6.45, 7) is 7.07. The molecule has 11 heteroatoms. The minimum absolute atomic E-state index is 0. The van der Waals surface area contributed by atoms with Gasteiger partial charge in [-0.05, 0) is 56.4 Å². The van der Waals surface area contributed by atoms with Crippen LogP contribution in [0.2, 0.25) is 19.6 Å². The average Bonchev–Trinajstić information content (AvgIpc) is 3.54. The molecule has 1 aromatic rings. The van der Waals surface area contributed by atoms with Gasteiger partial charge in [-0.3, -0.25) is 4.79 Å². The molecule has 0 saturated heterocycles. The molecule has 2 aliphatic rings. The second-order valence-electron chi connectivity index (χ2n) is 8.73. The molecule has 3 rings (SSSR count). The van der Waals surface area contributed by atoms with E-state index in [1.54, 1.807) is 25.1 Å². The van der Waals surface area contributed by atoms with Gasteiger partial charge in [0.2, 0.25) is 9.84 Å². The van der Waals surface area contributed by atoms with Crippen molar-refractivity contribution >= 4 is 35.8 Å². The van der Waals surface area contributed by atoms with E-state index in [1.807, 2.05) is 51.7 Å². The summed E-state index contributed by atoms with van der Waals surface area (Å²) in [4.78, 5) is 38.1. The van der Waals surface area contributed by atoms with Crippen molar-refractivity contribution in [1.82, 2.24) is 0 Å². The van der Waals surface area contributed by atoms with Gasteiger partial charge in [0.15, 0.2) is 0 Å². The molecule has 1 aromatic carbocycles. The number of hydrogen-bond acceptors (Lipinski definition) is 8. The molecule has 37 heavy (non-hydrogen) atoms. The Hall–Kier alpha value is -2.22. The van der Waals surface area contributed by atoms with Crippen molar-refractivity contribution in [3.8, 4) is 0 Å². The first-order valence-corrected chi connectivity index (χ1v) is 16.2. The first-order valence-electron chi connectivity index (χ1n) is 11.2. The van der Waals surface area contributed by atoms with E-state index in [-0.39, 0.29) is 44.0 Å². The number of sulfone groups is 1. The third kappa shape index (κ3) is 7.43. The van der Waals surface area contributed by atoms with Crippen LogP contribution in [0, 0.1) is 38.0 Å². The first-order chi connectivity index (χ1) is 16.9. The molecule has 0 aromatic heterocycles. The molecule has 0 spiro atoms. The number of rotatable bonds is 7. The van der Waals surface area contributed by atoms with Crippen molar-refractivity contribution in [3.63, 3.8) is 0 Å². The van der Waals surface area contributed by atoms with Crippen molar-refractivity contribution in [2.75, 3.05) is 20.8 Å². The predicted molar refractivity (Wildman–Crippen MR) is 137 cm³/mol. The summed E-state index contributed by atoms with van der Waals surface area (Å²) in [5, 5.41) is 0.204. The molecule has 202 valence electrons. The third-order valence-corrected chi connectivity index (χ3v) is 9.51. The Labute approximate surface area is 230 Å². The van der Waals surface area contributed by atoms with Crippen LogP contribution in [0.4, 0.5) is 0 Å². The third-order valence-electron chi connectivity index (χ3n) is 5.32. The summed E-state index contributed by atoms with van der Waals surface area (Å²) >= 11 is 0. The van der Waals surface area contributed by atoms with E-state index in [0.29, 0.717) is 0 Å². The number of carbonyl (C=O) groups excluding carboxylic acids is 3. The molecular formula is C26H31CoO8SSi. The van der Waals surface area contributed by atoms with Crippen LogP contribution in [0.3, 0.4) is 0 Å². The van der Waals surface area contributed by atoms with E-state index in [4.69, 9.17) is 14.2 Å². The van der Waals surface area contributed by atoms with Gasteiger partial charge in [0.05, 0.1) is 49.8 Å². The topological polar surface area (TPSA) is 113 Å². The monoisotopic (exact) mass is 590 g/mol. The van der Waals surface area contributed by atoms with E-state index < -0.39 is 47.3 Å². The Kier molecular flexibility index (Phi) is 12.5. The van der Waals surface area contributed by atoms with Gasteiger partial charge in [0, 0.05) is 16.8 Å². The standard InChI is InChI=1S/C21H26O8SSi.C5H5.Co/c1-7-29-21(24)16-14(19(22)27-2)15(20(23)28-3)17(18(16)31(4,5)6)30(25,26)13-11-9-8-10-12-13;1-2-4-5-3-1;/h8-12,16H,7H2,1-6H3;1-5H;. The molecule has 1 atom stereocenters. The Balaban J connectivity index is 0.00000102. The maximum absolute atomic E-state index is 13.7. The van der Waals surface area contributed by atoms with Crippen LogP contribution in [0.5, 0.6) is 0 Å². The first kappa shape index (κ1) is 32.8. The number of methoxy groups -OCH3 is 2. The van der Waals surface area contributed by atoms with Crippen LogP contribution < -0.4 is 0 Å². The van der Waals surface area contributed by atoms with Gasteiger partial charge < -0.3 is 14.2 Å². The van der Waals surface area contributed by atoms with Crippen molar-refractivity contribution in [2.45, 2.75) is 31.5 Å². The molecule has 0 bridgehead atoms. The summed E-state index contributed by atoms with van der Waals surface area (Å²) in [6, 6.07) is 7.51. The fourth-order valence-corrected chi connectivity index (χ4v) is 8.74. The molecule has 1 fully saturated rings. The van der Waals surface area contributed by atoms with Crippen molar-refractivity contribution in [2.24, 2.45) is 5.92 Å². The maximum atomic E-state index is 13.7. The summed E-state index contributed by atoms with van der Waals surface area (Å²) in [5.41, 5.74) is -0.853. The Morgan fingerprint density at radius 2 is 1.35 bits per heavy atom. The molecule has 0 N–H and O–H groups in total. The average molecular weight is 591 g/mol. The van der Waals surface area contributed by atoms with Crippen LogP contribution in [0.15, 0.2) is 56.5 Å². The normalized spacial score (nSPS) is 17.4.